The van der Waals surface area contributed by atoms with Crippen LogP contribution in [0.25, 0.3) is 0 Å². The Morgan fingerprint density at radius 3 is 2.48 bits per heavy atom. The molecule has 0 radical (unpaired) electrons. The Labute approximate surface area is 172 Å². The monoisotopic (exact) mass is 389 g/mol. The fourth-order valence-corrected chi connectivity index (χ4v) is 2.98. The molecule has 0 saturated carbocycles. The maximum atomic E-state index is 12.7. The van der Waals surface area contributed by atoms with E-state index in [0.717, 1.165) is 12.8 Å². The van der Waals surface area contributed by atoms with Crippen LogP contribution in [-0.4, -0.2) is 18.6 Å². The third kappa shape index (κ3) is 6.39. The standard InChI is InChI=1S/C25H27NO3/c1-19(2)29-22-14-8-13-21(18-22)25(27)26-23-15-6-7-16-24(23)28-17-9-12-20-10-4-3-5-11-20/h3-8,10-11,13-16,18-19H,9,12,17H2,1-2H3,(H,26,27). The van der Waals surface area contributed by atoms with Gasteiger partial charge in [0.05, 0.1) is 18.4 Å². The highest BCUT2D eigenvalue weighted by Gasteiger charge is 2.11. The lowest BCUT2D eigenvalue weighted by atomic mass is 10.1. The summed E-state index contributed by atoms with van der Waals surface area (Å²) in [6.45, 7) is 4.50. The molecule has 1 amide bonds. The van der Waals surface area contributed by atoms with Gasteiger partial charge in [-0.05, 0) is 62.6 Å². The van der Waals surface area contributed by atoms with Gasteiger partial charge in [-0.1, -0.05) is 48.5 Å². The first kappa shape index (κ1) is 20.5. The maximum Gasteiger partial charge on any atom is 0.255 e. The molecule has 4 heteroatoms. The molecule has 0 fully saturated rings. The Hall–Kier alpha value is -3.27. The predicted molar refractivity (Wildman–Crippen MR) is 117 cm³/mol. The van der Waals surface area contributed by atoms with Crippen LogP contribution in [0.15, 0.2) is 78.9 Å². The number of anilines is 1. The number of ether oxygens (including phenoxy) is 2. The van der Waals surface area contributed by atoms with Crippen molar-refractivity contribution in [3.8, 4) is 11.5 Å². The van der Waals surface area contributed by atoms with Gasteiger partial charge >= 0.3 is 0 Å². The van der Waals surface area contributed by atoms with Crippen LogP contribution in [0.5, 0.6) is 11.5 Å². The zero-order chi connectivity index (χ0) is 20.5. The van der Waals surface area contributed by atoms with E-state index in [4.69, 9.17) is 9.47 Å². The summed E-state index contributed by atoms with van der Waals surface area (Å²) >= 11 is 0. The summed E-state index contributed by atoms with van der Waals surface area (Å²) in [7, 11) is 0. The number of amides is 1. The Kier molecular flexibility index (Phi) is 7.28. The van der Waals surface area contributed by atoms with Crippen molar-refractivity contribution in [3.63, 3.8) is 0 Å². The molecule has 150 valence electrons. The molecule has 0 aliphatic rings. The minimum absolute atomic E-state index is 0.0540. The summed E-state index contributed by atoms with van der Waals surface area (Å²) in [5.41, 5.74) is 2.50. The molecule has 1 N–H and O–H groups in total. The molecule has 0 unspecified atom stereocenters. The molecular weight excluding hydrogens is 362 g/mol. The van der Waals surface area contributed by atoms with Crippen molar-refractivity contribution < 1.29 is 14.3 Å². The van der Waals surface area contributed by atoms with Crippen molar-refractivity contribution in [2.75, 3.05) is 11.9 Å². The quantitative estimate of drug-likeness (QED) is 0.475. The lowest BCUT2D eigenvalue weighted by Gasteiger charge is -2.14. The Morgan fingerprint density at radius 2 is 1.69 bits per heavy atom. The van der Waals surface area contributed by atoms with E-state index in [1.165, 1.54) is 5.56 Å². The highest BCUT2D eigenvalue weighted by atomic mass is 16.5. The number of hydrogen-bond donors (Lipinski definition) is 1. The average Bonchev–Trinajstić information content (AvgIpc) is 2.73. The molecule has 0 heterocycles. The summed E-state index contributed by atoms with van der Waals surface area (Å²) in [6, 6.07) is 25.0. The summed E-state index contributed by atoms with van der Waals surface area (Å²) in [5, 5.41) is 2.95. The molecule has 29 heavy (non-hydrogen) atoms. The molecule has 3 rings (SSSR count). The fraction of sp³-hybridized carbons (Fsp3) is 0.240. The molecule has 0 spiro atoms. The summed E-state index contributed by atoms with van der Waals surface area (Å²) in [6.07, 6.45) is 1.91. The number of carbonyl (C=O) groups excluding carboxylic acids is 1. The molecule has 0 bridgehead atoms. The van der Waals surface area contributed by atoms with Crippen molar-refractivity contribution in [2.45, 2.75) is 32.8 Å². The van der Waals surface area contributed by atoms with Crippen molar-refractivity contribution >= 4 is 11.6 Å². The van der Waals surface area contributed by atoms with Gasteiger partial charge in [-0.25, -0.2) is 0 Å². The molecular formula is C25H27NO3. The second-order valence-electron chi connectivity index (χ2n) is 7.08. The van der Waals surface area contributed by atoms with Gasteiger partial charge in [-0.15, -0.1) is 0 Å². The van der Waals surface area contributed by atoms with E-state index in [1.54, 1.807) is 12.1 Å². The second-order valence-corrected chi connectivity index (χ2v) is 7.08. The number of para-hydroxylation sites is 2. The number of carbonyl (C=O) groups is 1. The van der Waals surface area contributed by atoms with Crippen LogP contribution < -0.4 is 14.8 Å². The first-order chi connectivity index (χ1) is 14.1. The van der Waals surface area contributed by atoms with Gasteiger partial charge in [-0.2, -0.15) is 0 Å². The van der Waals surface area contributed by atoms with Crippen LogP contribution in [0.1, 0.15) is 36.2 Å². The molecule has 0 aromatic heterocycles. The largest absolute Gasteiger partial charge is 0.491 e. The van der Waals surface area contributed by atoms with Crippen LogP contribution in [0.3, 0.4) is 0 Å². The maximum absolute atomic E-state index is 12.7. The van der Waals surface area contributed by atoms with Crippen molar-refractivity contribution in [1.82, 2.24) is 0 Å². The molecule has 0 atom stereocenters. The van der Waals surface area contributed by atoms with E-state index in [2.05, 4.69) is 17.4 Å². The first-order valence-corrected chi connectivity index (χ1v) is 9.95. The molecule has 0 aliphatic heterocycles. The zero-order valence-corrected chi connectivity index (χ0v) is 16.9. The van der Waals surface area contributed by atoms with Crippen LogP contribution in [0.2, 0.25) is 0 Å². The lowest BCUT2D eigenvalue weighted by Crippen LogP contribution is -2.14. The van der Waals surface area contributed by atoms with E-state index in [9.17, 15) is 4.79 Å². The SMILES string of the molecule is CC(C)Oc1cccc(C(=O)Nc2ccccc2OCCCc2ccccc2)c1. The third-order valence-corrected chi connectivity index (χ3v) is 4.31. The molecule has 3 aromatic carbocycles. The number of aryl methyl sites for hydroxylation is 1. The molecule has 3 aromatic rings. The molecule has 0 saturated heterocycles. The highest BCUT2D eigenvalue weighted by Crippen LogP contribution is 2.25. The second kappa shape index (κ2) is 10.3. The topological polar surface area (TPSA) is 47.6 Å². The molecule has 4 nitrogen and oxygen atoms in total. The lowest BCUT2D eigenvalue weighted by molar-refractivity contribution is 0.102. The van der Waals surface area contributed by atoms with Crippen molar-refractivity contribution in [2.24, 2.45) is 0 Å². The first-order valence-electron chi connectivity index (χ1n) is 9.95. The Bertz CT molecular complexity index is 922. The normalized spacial score (nSPS) is 10.6. The van der Waals surface area contributed by atoms with E-state index in [1.807, 2.05) is 68.4 Å². The predicted octanol–water partition coefficient (Wildman–Crippen LogP) is 5.74. The minimum Gasteiger partial charge on any atom is -0.491 e. The Morgan fingerprint density at radius 1 is 0.931 bits per heavy atom. The van der Waals surface area contributed by atoms with Crippen molar-refractivity contribution in [1.29, 1.82) is 0 Å². The summed E-state index contributed by atoms with van der Waals surface area (Å²) in [4.78, 5) is 12.7. The van der Waals surface area contributed by atoms with Crippen LogP contribution in [0.4, 0.5) is 5.69 Å². The van der Waals surface area contributed by atoms with E-state index in [-0.39, 0.29) is 12.0 Å². The van der Waals surface area contributed by atoms with Gasteiger partial charge in [0, 0.05) is 5.56 Å². The summed E-state index contributed by atoms with van der Waals surface area (Å²) in [5.74, 6) is 1.15. The van der Waals surface area contributed by atoms with Crippen molar-refractivity contribution in [3.05, 3.63) is 90.0 Å². The van der Waals surface area contributed by atoms with Gasteiger partial charge in [-0.3, -0.25) is 4.79 Å². The number of nitrogens with one attached hydrogen (secondary N) is 1. The van der Waals surface area contributed by atoms with Gasteiger partial charge < -0.3 is 14.8 Å². The highest BCUT2D eigenvalue weighted by molar-refractivity contribution is 6.05. The smallest absolute Gasteiger partial charge is 0.255 e. The van der Waals surface area contributed by atoms with E-state index in [0.29, 0.717) is 29.4 Å². The zero-order valence-electron chi connectivity index (χ0n) is 16.9. The van der Waals surface area contributed by atoms with Crippen LogP contribution in [-0.2, 0) is 6.42 Å². The van der Waals surface area contributed by atoms with Gasteiger partial charge in [0.15, 0.2) is 0 Å². The Balaban J connectivity index is 1.59. The molecule has 0 aliphatic carbocycles. The number of benzene rings is 3. The minimum atomic E-state index is -0.195. The van der Waals surface area contributed by atoms with E-state index >= 15 is 0 Å². The third-order valence-electron chi connectivity index (χ3n) is 4.31. The van der Waals surface area contributed by atoms with Gasteiger partial charge in [0.25, 0.3) is 5.91 Å². The summed E-state index contributed by atoms with van der Waals surface area (Å²) < 4.78 is 11.6. The van der Waals surface area contributed by atoms with E-state index < -0.39 is 0 Å². The number of rotatable bonds is 9. The van der Waals surface area contributed by atoms with Gasteiger partial charge in [0.1, 0.15) is 11.5 Å². The van der Waals surface area contributed by atoms with Crippen LogP contribution in [0, 0.1) is 0 Å². The average molecular weight is 389 g/mol. The fourth-order valence-electron chi connectivity index (χ4n) is 2.98. The number of hydrogen-bond acceptors (Lipinski definition) is 3. The van der Waals surface area contributed by atoms with Crippen LogP contribution >= 0.6 is 0 Å². The van der Waals surface area contributed by atoms with Gasteiger partial charge in [0.2, 0.25) is 0 Å².